The molecule has 3 rings (SSSR count). The van der Waals surface area contributed by atoms with Gasteiger partial charge in [-0.3, -0.25) is 9.63 Å². The van der Waals surface area contributed by atoms with Crippen molar-refractivity contribution >= 4 is 28.8 Å². The maximum absolute atomic E-state index is 14.3. The first-order chi connectivity index (χ1) is 12.9. The number of carbonyl (C=O) groups is 1. The van der Waals surface area contributed by atoms with E-state index in [9.17, 15) is 14.3 Å². The zero-order valence-corrected chi connectivity index (χ0v) is 15.7. The summed E-state index contributed by atoms with van der Waals surface area (Å²) in [6.45, 7) is 1.46. The molecular formula is C18H20FN3O4S. The van der Waals surface area contributed by atoms with E-state index in [1.165, 1.54) is 28.4 Å². The van der Waals surface area contributed by atoms with Gasteiger partial charge in [-0.25, -0.2) is 14.9 Å². The predicted molar refractivity (Wildman–Crippen MR) is 99.2 cm³/mol. The number of likely N-dealkylation sites (N-methyl/N-ethyl adjacent to an activating group) is 1. The summed E-state index contributed by atoms with van der Waals surface area (Å²) in [7, 11) is 1.59. The average Bonchev–Trinajstić information content (AvgIpc) is 3.11. The van der Waals surface area contributed by atoms with Crippen LogP contribution in [0.2, 0.25) is 0 Å². The average molecular weight is 393 g/mol. The van der Waals surface area contributed by atoms with Crippen molar-refractivity contribution in [3.8, 4) is 0 Å². The summed E-state index contributed by atoms with van der Waals surface area (Å²) in [5.74, 6) is -1.71. The fraction of sp³-hybridized carbons (Fsp3) is 0.333. The van der Waals surface area contributed by atoms with Gasteiger partial charge >= 0.3 is 0 Å². The quantitative estimate of drug-likeness (QED) is 0.534. The van der Waals surface area contributed by atoms with Crippen molar-refractivity contribution in [2.24, 2.45) is 4.99 Å². The number of aliphatic hydroxyl groups excluding tert-OH is 2. The van der Waals surface area contributed by atoms with Crippen LogP contribution in [-0.4, -0.2) is 47.1 Å². The maximum Gasteiger partial charge on any atom is 0.259 e. The zero-order chi connectivity index (χ0) is 19.6. The summed E-state index contributed by atoms with van der Waals surface area (Å²) >= 11 is 1.30. The molecule has 2 atom stereocenters. The van der Waals surface area contributed by atoms with Crippen LogP contribution in [0.5, 0.6) is 0 Å². The highest BCUT2D eigenvalue weighted by Gasteiger charge is 2.40. The molecule has 0 saturated carbocycles. The number of nitrogens with zero attached hydrogens (tertiary/aromatic N) is 2. The van der Waals surface area contributed by atoms with E-state index in [0.29, 0.717) is 10.4 Å². The van der Waals surface area contributed by atoms with E-state index in [1.807, 2.05) is 0 Å². The van der Waals surface area contributed by atoms with Crippen molar-refractivity contribution in [3.05, 3.63) is 51.5 Å². The number of hydrogen-bond acceptors (Lipinski definition) is 6. The third-order valence-electron chi connectivity index (χ3n) is 4.22. The topological polar surface area (TPSA) is 94.4 Å². The van der Waals surface area contributed by atoms with Crippen LogP contribution >= 0.6 is 11.3 Å². The zero-order valence-electron chi connectivity index (χ0n) is 14.8. The predicted octanol–water partition coefficient (Wildman–Crippen LogP) is 1.99. The number of hydrogen-bond donors (Lipinski definition) is 3. The standard InChI is InChI=1S/C18H20FN3O4S/c1-10-3-4-13(12(19)9-10)20-16-14(17(24)21-26-7-6-23)15-11(5-8-27-15)18(25)22(16)2/h3-5,8-9,14,18,23,25H,6-7H2,1-2H3,(H,21,24). The molecule has 144 valence electrons. The van der Waals surface area contributed by atoms with Gasteiger partial charge in [0.15, 0.2) is 6.23 Å². The molecular weight excluding hydrogens is 373 g/mol. The van der Waals surface area contributed by atoms with Crippen LogP contribution in [0.4, 0.5) is 10.1 Å². The molecule has 1 aliphatic rings. The highest BCUT2D eigenvalue weighted by Crippen LogP contribution is 2.40. The van der Waals surface area contributed by atoms with E-state index in [4.69, 9.17) is 9.94 Å². The Morgan fingerprint density at radius 1 is 1.44 bits per heavy atom. The lowest BCUT2D eigenvalue weighted by molar-refractivity contribution is -0.134. The summed E-state index contributed by atoms with van der Waals surface area (Å²) in [4.78, 5) is 24.1. The molecule has 0 radical (unpaired) electrons. The van der Waals surface area contributed by atoms with Crippen molar-refractivity contribution in [2.75, 3.05) is 20.3 Å². The Kier molecular flexibility index (Phi) is 5.85. The van der Waals surface area contributed by atoms with E-state index in [0.717, 1.165) is 5.56 Å². The van der Waals surface area contributed by atoms with Crippen LogP contribution < -0.4 is 5.48 Å². The minimum absolute atomic E-state index is 0.0622. The molecule has 7 nitrogen and oxygen atoms in total. The molecule has 0 saturated heterocycles. The summed E-state index contributed by atoms with van der Waals surface area (Å²) < 4.78 is 14.3. The lowest BCUT2D eigenvalue weighted by Gasteiger charge is -2.36. The monoisotopic (exact) mass is 393 g/mol. The lowest BCUT2D eigenvalue weighted by atomic mass is 9.95. The minimum Gasteiger partial charge on any atom is -0.394 e. The molecule has 2 heterocycles. The van der Waals surface area contributed by atoms with Gasteiger partial charge in [-0.1, -0.05) is 6.07 Å². The second kappa shape index (κ2) is 8.13. The highest BCUT2D eigenvalue weighted by atomic mass is 32.1. The fourth-order valence-corrected chi connectivity index (χ4v) is 3.89. The van der Waals surface area contributed by atoms with E-state index >= 15 is 0 Å². The van der Waals surface area contributed by atoms with E-state index in [-0.39, 0.29) is 24.7 Å². The summed E-state index contributed by atoms with van der Waals surface area (Å²) in [5, 5.41) is 21.1. The van der Waals surface area contributed by atoms with Crippen molar-refractivity contribution in [1.29, 1.82) is 0 Å². The van der Waals surface area contributed by atoms with Gasteiger partial charge in [-0.05, 0) is 36.1 Å². The molecule has 2 unspecified atom stereocenters. The molecule has 1 aromatic heterocycles. The molecule has 3 N–H and O–H groups in total. The number of aliphatic imine (C=N–C) groups is 1. The molecule has 0 aliphatic carbocycles. The fourth-order valence-electron chi connectivity index (χ4n) is 2.87. The molecule has 9 heteroatoms. The molecule has 27 heavy (non-hydrogen) atoms. The first kappa shape index (κ1) is 19.4. The number of aliphatic hydroxyl groups is 2. The molecule has 1 aromatic carbocycles. The Morgan fingerprint density at radius 3 is 2.93 bits per heavy atom. The van der Waals surface area contributed by atoms with Gasteiger partial charge in [0.25, 0.3) is 5.91 Å². The minimum atomic E-state index is -0.999. The second-order valence-corrected chi connectivity index (χ2v) is 7.07. The van der Waals surface area contributed by atoms with Gasteiger partial charge in [0.1, 0.15) is 23.3 Å². The first-order valence-electron chi connectivity index (χ1n) is 8.29. The van der Waals surface area contributed by atoms with Gasteiger partial charge in [-0.2, -0.15) is 0 Å². The number of hydroxylamine groups is 1. The smallest absolute Gasteiger partial charge is 0.259 e. The third kappa shape index (κ3) is 3.86. The van der Waals surface area contributed by atoms with E-state index in [2.05, 4.69) is 10.5 Å². The van der Waals surface area contributed by atoms with Gasteiger partial charge in [0, 0.05) is 17.5 Å². The van der Waals surface area contributed by atoms with Crippen molar-refractivity contribution in [3.63, 3.8) is 0 Å². The number of rotatable bonds is 5. The molecule has 0 fully saturated rings. The van der Waals surface area contributed by atoms with Crippen LogP contribution in [-0.2, 0) is 9.63 Å². The highest BCUT2D eigenvalue weighted by molar-refractivity contribution is 7.10. The van der Waals surface area contributed by atoms with Crippen molar-refractivity contribution < 1.29 is 24.2 Å². The van der Waals surface area contributed by atoms with Gasteiger partial charge < -0.3 is 15.1 Å². The van der Waals surface area contributed by atoms with Crippen LogP contribution in [0.1, 0.15) is 28.1 Å². The second-order valence-electron chi connectivity index (χ2n) is 6.12. The summed E-state index contributed by atoms with van der Waals surface area (Å²) in [5.41, 5.74) is 3.70. The largest absolute Gasteiger partial charge is 0.394 e. The lowest BCUT2D eigenvalue weighted by Crippen LogP contribution is -2.45. The Labute approximate surface area is 159 Å². The Bertz CT molecular complexity index is 870. The van der Waals surface area contributed by atoms with Crippen LogP contribution in [0.15, 0.2) is 34.6 Å². The summed E-state index contributed by atoms with van der Waals surface area (Å²) in [6.07, 6.45) is -0.999. The van der Waals surface area contributed by atoms with Gasteiger partial charge in [-0.15, -0.1) is 11.3 Å². The number of halogens is 1. The molecule has 1 aliphatic heterocycles. The van der Waals surface area contributed by atoms with Crippen LogP contribution in [0.3, 0.4) is 0 Å². The first-order valence-corrected chi connectivity index (χ1v) is 9.17. The summed E-state index contributed by atoms with van der Waals surface area (Å²) in [6, 6.07) is 6.34. The number of amidine groups is 1. The third-order valence-corrected chi connectivity index (χ3v) is 5.22. The molecule has 2 aromatic rings. The van der Waals surface area contributed by atoms with Gasteiger partial charge in [0.05, 0.1) is 13.2 Å². The number of nitrogens with one attached hydrogen (secondary N) is 1. The van der Waals surface area contributed by atoms with Crippen molar-refractivity contribution in [1.82, 2.24) is 10.4 Å². The SMILES string of the molecule is Cc1ccc(N=C2C(C(=O)NOCCO)c3sccc3C(O)N2C)c(F)c1. The Hall–Kier alpha value is -2.33. The molecule has 0 bridgehead atoms. The number of fused-ring (bicyclic) bond motifs is 1. The van der Waals surface area contributed by atoms with Crippen molar-refractivity contribution in [2.45, 2.75) is 19.1 Å². The molecule has 0 spiro atoms. The number of amides is 1. The number of aryl methyl sites for hydroxylation is 1. The maximum atomic E-state index is 14.3. The Balaban J connectivity index is 2.05. The van der Waals surface area contributed by atoms with E-state index in [1.54, 1.807) is 31.5 Å². The van der Waals surface area contributed by atoms with Crippen LogP contribution in [0, 0.1) is 12.7 Å². The number of benzene rings is 1. The van der Waals surface area contributed by atoms with E-state index < -0.39 is 23.9 Å². The normalized spacial score (nSPS) is 20.6. The van der Waals surface area contributed by atoms with Gasteiger partial charge in [0.2, 0.25) is 0 Å². The number of thiophene rings is 1. The number of carbonyl (C=O) groups excluding carboxylic acids is 1. The Morgan fingerprint density at radius 2 is 2.22 bits per heavy atom. The van der Waals surface area contributed by atoms with Crippen LogP contribution in [0.25, 0.3) is 0 Å². The molecule has 1 amide bonds.